The molecule has 0 bridgehead atoms. The zero-order chi connectivity index (χ0) is 16.0. The van der Waals surface area contributed by atoms with Gasteiger partial charge in [-0.3, -0.25) is 4.79 Å². The summed E-state index contributed by atoms with van der Waals surface area (Å²) in [5.74, 6) is -0.869. The molecule has 0 aliphatic heterocycles. The predicted molar refractivity (Wildman–Crippen MR) is 79.4 cm³/mol. The van der Waals surface area contributed by atoms with E-state index in [2.05, 4.69) is 20.7 Å². The summed E-state index contributed by atoms with van der Waals surface area (Å²) in [6.45, 7) is 5.00. The van der Waals surface area contributed by atoms with Crippen molar-refractivity contribution in [1.82, 2.24) is 5.32 Å². The van der Waals surface area contributed by atoms with Crippen LogP contribution in [0.4, 0.5) is 16.2 Å². The summed E-state index contributed by atoms with van der Waals surface area (Å²) in [6, 6.07) is 4.08. The molecule has 0 heterocycles. The third kappa shape index (κ3) is 5.13. The minimum Gasteiger partial charge on any atom is -0.465 e. The summed E-state index contributed by atoms with van der Waals surface area (Å²) >= 11 is 0. The summed E-state index contributed by atoms with van der Waals surface area (Å²) in [6.07, 6.45) is 0. The molecule has 0 aliphatic rings. The minimum atomic E-state index is -0.609. The molecule has 0 spiro atoms. The van der Waals surface area contributed by atoms with E-state index in [0.29, 0.717) is 11.4 Å². The lowest BCUT2D eigenvalue weighted by Gasteiger charge is -2.14. The fourth-order valence-electron chi connectivity index (χ4n) is 1.63. The number of hydrogen-bond acceptors (Lipinski definition) is 4. The Hall–Kier alpha value is -2.57. The third-order valence-electron chi connectivity index (χ3n) is 2.41. The van der Waals surface area contributed by atoms with Gasteiger partial charge in [0.05, 0.1) is 18.4 Å². The monoisotopic (exact) mass is 293 g/mol. The van der Waals surface area contributed by atoms with Crippen molar-refractivity contribution < 1.29 is 19.1 Å². The molecule has 114 valence electrons. The number of rotatable bonds is 4. The zero-order valence-corrected chi connectivity index (χ0v) is 12.4. The van der Waals surface area contributed by atoms with Gasteiger partial charge in [-0.25, -0.2) is 9.59 Å². The number of methoxy groups -OCH3 is 1. The zero-order valence-electron chi connectivity index (χ0n) is 12.4. The number of esters is 1. The Balaban J connectivity index is 3.04. The molecule has 0 saturated heterocycles. The molecule has 3 amide bonds. The maximum absolute atomic E-state index is 11.8. The van der Waals surface area contributed by atoms with Gasteiger partial charge in [-0.05, 0) is 32.0 Å². The van der Waals surface area contributed by atoms with Crippen molar-refractivity contribution in [3.05, 3.63) is 23.8 Å². The van der Waals surface area contributed by atoms with Crippen molar-refractivity contribution in [1.29, 1.82) is 0 Å². The predicted octanol–water partition coefficient (Wildman–Crippen LogP) is 1.96. The molecule has 7 nitrogen and oxygen atoms in total. The molecule has 0 fully saturated rings. The fourth-order valence-corrected chi connectivity index (χ4v) is 1.63. The third-order valence-corrected chi connectivity index (χ3v) is 2.41. The lowest BCUT2D eigenvalue weighted by atomic mass is 10.1. The lowest BCUT2D eigenvalue weighted by molar-refractivity contribution is -0.114. The van der Waals surface area contributed by atoms with E-state index in [4.69, 9.17) is 0 Å². The molecule has 0 atom stereocenters. The molecule has 1 aromatic rings. The van der Waals surface area contributed by atoms with Crippen LogP contribution in [0.25, 0.3) is 0 Å². The summed E-state index contributed by atoms with van der Waals surface area (Å²) in [5, 5.41) is 7.79. The van der Waals surface area contributed by atoms with E-state index in [9.17, 15) is 14.4 Å². The van der Waals surface area contributed by atoms with Gasteiger partial charge < -0.3 is 20.7 Å². The fraction of sp³-hybridized carbons (Fsp3) is 0.357. The highest BCUT2D eigenvalue weighted by molar-refractivity contribution is 6.02. The van der Waals surface area contributed by atoms with Crippen LogP contribution in [0.1, 0.15) is 31.1 Å². The van der Waals surface area contributed by atoms with Gasteiger partial charge in [0, 0.05) is 18.7 Å². The molecule has 0 radical (unpaired) electrons. The van der Waals surface area contributed by atoms with E-state index in [1.165, 1.54) is 26.2 Å². The summed E-state index contributed by atoms with van der Waals surface area (Å²) in [7, 11) is 1.24. The van der Waals surface area contributed by atoms with Crippen LogP contribution in [0.3, 0.4) is 0 Å². The molecule has 0 aliphatic carbocycles. The van der Waals surface area contributed by atoms with Gasteiger partial charge in [-0.1, -0.05) is 0 Å². The van der Waals surface area contributed by atoms with E-state index in [1.54, 1.807) is 6.07 Å². The normalized spacial score (nSPS) is 9.95. The molecule has 21 heavy (non-hydrogen) atoms. The van der Waals surface area contributed by atoms with Gasteiger partial charge in [-0.15, -0.1) is 0 Å². The van der Waals surface area contributed by atoms with E-state index in [-0.39, 0.29) is 17.5 Å². The molecule has 7 heteroatoms. The van der Waals surface area contributed by atoms with Crippen LogP contribution in [-0.2, 0) is 9.53 Å². The molecular weight excluding hydrogens is 274 g/mol. The number of carbonyl (C=O) groups excluding carboxylic acids is 3. The van der Waals surface area contributed by atoms with Crippen molar-refractivity contribution in [3.63, 3.8) is 0 Å². The molecule has 3 N–H and O–H groups in total. The second-order valence-electron chi connectivity index (χ2n) is 4.69. The highest BCUT2D eigenvalue weighted by atomic mass is 16.5. The number of nitrogens with one attached hydrogen (secondary N) is 3. The van der Waals surface area contributed by atoms with E-state index in [0.717, 1.165) is 0 Å². The molecule has 0 saturated carbocycles. The average Bonchev–Trinajstić information content (AvgIpc) is 2.38. The first-order chi connectivity index (χ1) is 9.83. The first kappa shape index (κ1) is 16.5. The van der Waals surface area contributed by atoms with Crippen LogP contribution in [0.2, 0.25) is 0 Å². The molecular formula is C14H19N3O4. The topological polar surface area (TPSA) is 96.5 Å². The summed E-state index contributed by atoms with van der Waals surface area (Å²) in [4.78, 5) is 34.5. The SMILES string of the molecule is COC(=O)c1cc(NC(C)=O)ccc1NC(=O)NC(C)C. The first-order valence-electron chi connectivity index (χ1n) is 6.41. The van der Waals surface area contributed by atoms with Crippen LogP contribution in [0.5, 0.6) is 0 Å². The standard InChI is InChI=1S/C14H19N3O4/c1-8(2)15-14(20)17-12-6-5-10(16-9(3)18)7-11(12)13(19)21-4/h5-8H,1-4H3,(H,16,18)(H2,15,17,20). The van der Waals surface area contributed by atoms with E-state index < -0.39 is 12.0 Å². The molecule has 1 aromatic carbocycles. The Bertz CT molecular complexity index is 555. The van der Waals surface area contributed by atoms with Gasteiger partial charge in [0.1, 0.15) is 0 Å². The lowest BCUT2D eigenvalue weighted by Crippen LogP contribution is -2.34. The second kappa shape index (κ2) is 7.28. The summed E-state index contributed by atoms with van der Waals surface area (Å²) < 4.78 is 4.68. The molecule has 0 unspecified atom stereocenters. The van der Waals surface area contributed by atoms with Crippen LogP contribution in [0, 0.1) is 0 Å². The van der Waals surface area contributed by atoms with Gasteiger partial charge in [-0.2, -0.15) is 0 Å². The molecule has 1 rings (SSSR count). The van der Waals surface area contributed by atoms with Gasteiger partial charge in [0.2, 0.25) is 5.91 Å². The number of anilines is 2. The first-order valence-corrected chi connectivity index (χ1v) is 6.41. The number of hydrogen-bond donors (Lipinski definition) is 3. The smallest absolute Gasteiger partial charge is 0.340 e. The minimum absolute atomic E-state index is 0.0368. The number of urea groups is 1. The second-order valence-corrected chi connectivity index (χ2v) is 4.69. The Morgan fingerprint density at radius 1 is 1.14 bits per heavy atom. The van der Waals surface area contributed by atoms with Crippen LogP contribution >= 0.6 is 0 Å². The Labute approximate surface area is 123 Å². The van der Waals surface area contributed by atoms with E-state index >= 15 is 0 Å². The number of ether oxygens (including phenoxy) is 1. The highest BCUT2D eigenvalue weighted by Gasteiger charge is 2.15. The Morgan fingerprint density at radius 3 is 2.33 bits per heavy atom. The van der Waals surface area contributed by atoms with Crippen molar-refractivity contribution in [2.75, 3.05) is 17.7 Å². The highest BCUT2D eigenvalue weighted by Crippen LogP contribution is 2.21. The maximum atomic E-state index is 11.8. The summed E-state index contributed by atoms with van der Waals surface area (Å²) in [5.41, 5.74) is 0.898. The van der Waals surface area contributed by atoms with Crippen molar-refractivity contribution in [2.24, 2.45) is 0 Å². The van der Waals surface area contributed by atoms with Crippen LogP contribution in [-0.4, -0.2) is 31.1 Å². The van der Waals surface area contributed by atoms with E-state index in [1.807, 2.05) is 13.8 Å². The van der Waals surface area contributed by atoms with Gasteiger partial charge in [0.15, 0.2) is 0 Å². The van der Waals surface area contributed by atoms with Crippen molar-refractivity contribution >= 4 is 29.3 Å². The Morgan fingerprint density at radius 2 is 1.81 bits per heavy atom. The van der Waals surface area contributed by atoms with Gasteiger partial charge >= 0.3 is 12.0 Å². The van der Waals surface area contributed by atoms with Gasteiger partial charge in [0.25, 0.3) is 0 Å². The number of amides is 3. The van der Waals surface area contributed by atoms with Crippen LogP contribution in [0.15, 0.2) is 18.2 Å². The number of carbonyl (C=O) groups is 3. The quantitative estimate of drug-likeness (QED) is 0.739. The molecule has 0 aromatic heterocycles. The Kier molecular flexibility index (Phi) is 5.71. The van der Waals surface area contributed by atoms with Crippen molar-refractivity contribution in [3.8, 4) is 0 Å². The maximum Gasteiger partial charge on any atom is 0.340 e. The largest absolute Gasteiger partial charge is 0.465 e. The van der Waals surface area contributed by atoms with Crippen molar-refractivity contribution in [2.45, 2.75) is 26.8 Å². The van der Waals surface area contributed by atoms with Crippen LogP contribution < -0.4 is 16.0 Å². The average molecular weight is 293 g/mol. The number of benzene rings is 1.